The minimum atomic E-state index is -1.08. The van der Waals surface area contributed by atoms with Crippen molar-refractivity contribution in [1.82, 2.24) is 4.98 Å². The first-order valence-corrected chi connectivity index (χ1v) is 5.27. The molecule has 1 aromatic heterocycles. The Balaban J connectivity index is 2.59. The summed E-state index contributed by atoms with van der Waals surface area (Å²) in [5.74, 6) is -0.798. The zero-order valence-corrected chi connectivity index (χ0v) is 10.2. The fraction of sp³-hybridized carbons (Fsp3) is 0.400. The topological polar surface area (TPSA) is 124 Å². The molecule has 104 valence electrons. The number of methoxy groups -OCH3 is 1. The van der Waals surface area contributed by atoms with Crippen LogP contribution < -0.4 is 10.1 Å². The van der Waals surface area contributed by atoms with Crippen molar-refractivity contribution in [3.05, 3.63) is 22.2 Å². The lowest BCUT2D eigenvalue weighted by molar-refractivity contribution is -0.384. The number of aromatic nitrogens is 1. The van der Waals surface area contributed by atoms with Gasteiger partial charge in [0, 0.05) is 18.7 Å². The molecule has 0 spiro atoms. The predicted molar refractivity (Wildman–Crippen MR) is 64.4 cm³/mol. The van der Waals surface area contributed by atoms with Gasteiger partial charge in [0.1, 0.15) is 6.61 Å². The van der Waals surface area contributed by atoms with Gasteiger partial charge in [0.15, 0.2) is 0 Å². The van der Waals surface area contributed by atoms with E-state index in [0.717, 1.165) is 0 Å². The number of hydrogen-bond acceptors (Lipinski definition) is 7. The number of anilines is 1. The highest BCUT2D eigenvalue weighted by Crippen LogP contribution is 2.24. The van der Waals surface area contributed by atoms with Crippen molar-refractivity contribution >= 4 is 17.5 Å². The quantitative estimate of drug-likeness (QED) is 0.398. The molecule has 1 aromatic rings. The van der Waals surface area contributed by atoms with E-state index in [2.05, 4.69) is 10.3 Å². The van der Waals surface area contributed by atoms with Gasteiger partial charge in [-0.1, -0.05) is 0 Å². The van der Waals surface area contributed by atoms with Crippen LogP contribution in [0.2, 0.25) is 0 Å². The summed E-state index contributed by atoms with van der Waals surface area (Å²) in [6, 6.07) is 2.65. The van der Waals surface area contributed by atoms with E-state index in [9.17, 15) is 14.9 Å². The summed E-state index contributed by atoms with van der Waals surface area (Å²) in [6.07, 6.45) is 0. The maximum Gasteiger partial charge on any atom is 0.329 e. The summed E-state index contributed by atoms with van der Waals surface area (Å²) in [6.45, 7) is -0.147. The summed E-state index contributed by atoms with van der Waals surface area (Å²) < 4.78 is 9.65. The molecule has 0 fully saturated rings. The standard InChI is InChI=1S/C10H13N3O6/c1-18-8-3-2-7(13(16)17)10(12-8)11-4-5-19-6-9(14)15/h2-3H,4-6H2,1H3,(H,11,12)(H,14,15). The van der Waals surface area contributed by atoms with Crippen LogP contribution in [-0.4, -0.2) is 47.9 Å². The second kappa shape index (κ2) is 7.11. The van der Waals surface area contributed by atoms with Crippen LogP contribution >= 0.6 is 0 Å². The third-order valence-corrected chi connectivity index (χ3v) is 2.02. The van der Waals surface area contributed by atoms with E-state index in [4.69, 9.17) is 14.6 Å². The normalized spacial score (nSPS) is 9.95. The maximum atomic E-state index is 10.8. The minimum Gasteiger partial charge on any atom is -0.481 e. The summed E-state index contributed by atoms with van der Waals surface area (Å²) in [7, 11) is 1.40. The van der Waals surface area contributed by atoms with E-state index in [-0.39, 0.29) is 30.5 Å². The Morgan fingerprint density at radius 3 is 2.89 bits per heavy atom. The van der Waals surface area contributed by atoms with Gasteiger partial charge in [0.25, 0.3) is 0 Å². The van der Waals surface area contributed by atoms with Gasteiger partial charge in [-0.3, -0.25) is 10.1 Å². The van der Waals surface area contributed by atoms with Crippen molar-refractivity contribution in [2.45, 2.75) is 0 Å². The molecule has 0 aliphatic heterocycles. The molecule has 0 aliphatic rings. The number of nitrogens with zero attached hydrogens (tertiary/aromatic N) is 2. The van der Waals surface area contributed by atoms with Gasteiger partial charge >= 0.3 is 11.7 Å². The highest BCUT2D eigenvalue weighted by molar-refractivity contribution is 5.68. The molecule has 0 saturated heterocycles. The number of aliphatic carboxylic acids is 1. The van der Waals surface area contributed by atoms with E-state index in [1.54, 1.807) is 0 Å². The minimum absolute atomic E-state index is 0.0447. The van der Waals surface area contributed by atoms with Crippen molar-refractivity contribution in [3.63, 3.8) is 0 Å². The van der Waals surface area contributed by atoms with Crippen LogP contribution in [0.1, 0.15) is 0 Å². The number of hydrogen-bond donors (Lipinski definition) is 2. The van der Waals surface area contributed by atoms with Crippen LogP contribution in [-0.2, 0) is 9.53 Å². The number of nitrogens with one attached hydrogen (secondary N) is 1. The van der Waals surface area contributed by atoms with Crippen LogP contribution in [0.5, 0.6) is 5.88 Å². The number of carboxylic acid groups (broad SMARTS) is 1. The molecule has 19 heavy (non-hydrogen) atoms. The first-order valence-electron chi connectivity index (χ1n) is 5.27. The molecule has 0 aromatic carbocycles. The lowest BCUT2D eigenvalue weighted by Crippen LogP contribution is -2.15. The molecular weight excluding hydrogens is 258 g/mol. The van der Waals surface area contributed by atoms with Gasteiger partial charge in [-0.2, -0.15) is 4.98 Å². The summed E-state index contributed by atoms with van der Waals surface area (Å²) >= 11 is 0. The predicted octanol–water partition coefficient (Wildman–Crippen LogP) is 0.511. The van der Waals surface area contributed by atoms with Gasteiger partial charge in [0.2, 0.25) is 11.7 Å². The van der Waals surface area contributed by atoms with E-state index >= 15 is 0 Å². The van der Waals surface area contributed by atoms with Crippen LogP contribution in [0, 0.1) is 10.1 Å². The third-order valence-electron chi connectivity index (χ3n) is 2.02. The molecule has 0 aliphatic carbocycles. The molecule has 0 bridgehead atoms. The Labute approximate surface area is 108 Å². The second-order valence-electron chi connectivity index (χ2n) is 3.35. The Hall–Kier alpha value is -2.42. The van der Waals surface area contributed by atoms with Crippen molar-refractivity contribution < 1.29 is 24.3 Å². The van der Waals surface area contributed by atoms with E-state index in [1.807, 2.05) is 0 Å². The molecule has 1 heterocycles. The largest absolute Gasteiger partial charge is 0.481 e. The first kappa shape index (κ1) is 14.6. The first-order chi connectivity index (χ1) is 9.04. The van der Waals surface area contributed by atoms with Crippen LogP contribution in [0.15, 0.2) is 12.1 Å². The average molecular weight is 271 g/mol. The zero-order chi connectivity index (χ0) is 14.3. The lowest BCUT2D eigenvalue weighted by Gasteiger charge is -2.07. The monoisotopic (exact) mass is 271 g/mol. The average Bonchev–Trinajstić information content (AvgIpc) is 2.37. The zero-order valence-electron chi connectivity index (χ0n) is 10.2. The molecule has 0 unspecified atom stereocenters. The molecule has 9 nitrogen and oxygen atoms in total. The number of pyridine rings is 1. The van der Waals surface area contributed by atoms with Crippen molar-refractivity contribution in [2.75, 3.05) is 32.2 Å². The molecule has 0 saturated carbocycles. The van der Waals surface area contributed by atoms with E-state index in [0.29, 0.717) is 0 Å². The third kappa shape index (κ3) is 4.76. The molecule has 0 amide bonds. The summed E-state index contributed by atoms with van der Waals surface area (Å²) in [5.41, 5.74) is -0.195. The highest BCUT2D eigenvalue weighted by atomic mass is 16.6. The summed E-state index contributed by atoms with van der Waals surface area (Å²) in [4.78, 5) is 24.3. The molecule has 2 N–H and O–H groups in total. The van der Waals surface area contributed by atoms with Crippen LogP contribution in [0.4, 0.5) is 11.5 Å². The SMILES string of the molecule is COc1ccc([N+](=O)[O-])c(NCCOCC(=O)O)n1. The van der Waals surface area contributed by atoms with Crippen molar-refractivity contribution in [3.8, 4) is 5.88 Å². The highest BCUT2D eigenvalue weighted by Gasteiger charge is 2.15. The maximum absolute atomic E-state index is 10.8. The van der Waals surface area contributed by atoms with Gasteiger partial charge in [-0.05, 0) is 0 Å². The molecule has 9 heteroatoms. The molecule has 0 atom stereocenters. The number of ether oxygens (including phenoxy) is 2. The number of carbonyl (C=O) groups is 1. The van der Waals surface area contributed by atoms with Gasteiger partial charge < -0.3 is 19.9 Å². The van der Waals surface area contributed by atoms with E-state index in [1.165, 1.54) is 19.2 Å². The molecule has 1 rings (SSSR count). The fourth-order valence-electron chi connectivity index (χ4n) is 1.23. The Morgan fingerprint density at radius 2 is 2.32 bits per heavy atom. The van der Waals surface area contributed by atoms with E-state index < -0.39 is 17.5 Å². The van der Waals surface area contributed by atoms with Crippen LogP contribution in [0.3, 0.4) is 0 Å². The molecule has 0 radical (unpaired) electrons. The van der Waals surface area contributed by atoms with Gasteiger partial charge in [-0.15, -0.1) is 0 Å². The number of carboxylic acids is 1. The number of nitro groups is 1. The van der Waals surface area contributed by atoms with Crippen molar-refractivity contribution in [2.24, 2.45) is 0 Å². The van der Waals surface area contributed by atoms with Crippen LogP contribution in [0.25, 0.3) is 0 Å². The smallest absolute Gasteiger partial charge is 0.329 e. The Kier molecular flexibility index (Phi) is 5.48. The molecular formula is C10H13N3O6. The van der Waals surface area contributed by atoms with Crippen molar-refractivity contribution in [1.29, 1.82) is 0 Å². The summed E-state index contributed by atoms with van der Waals surface area (Å²) in [5, 5.41) is 21.8. The Bertz CT molecular complexity index is 465. The Morgan fingerprint density at radius 1 is 1.58 bits per heavy atom. The number of rotatable bonds is 8. The van der Waals surface area contributed by atoms with Gasteiger partial charge in [0.05, 0.1) is 18.6 Å². The lowest BCUT2D eigenvalue weighted by atomic mass is 10.4. The van der Waals surface area contributed by atoms with Gasteiger partial charge in [-0.25, -0.2) is 4.79 Å². The second-order valence-corrected chi connectivity index (χ2v) is 3.35. The fourth-order valence-corrected chi connectivity index (χ4v) is 1.23.